The highest BCUT2D eigenvalue weighted by molar-refractivity contribution is 5.56. The van der Waals surface area contributed by atoms with Crippen LogP contribution in [0.2, 0.25) is 0 Å². The Morgan fingerprint density at radius 1 is 0.964 bits per heavy atom. The van der Waals surface area contributed by atoms with Gasteiger partial charge in [0.15, 0.2) is 0 Å². The second-order valence-corrected chi connectivity index (χ2v) is 7.43. The van der Waals surface area contributed by atoms with Gasteiger partial charge in [-0.25, -0.2) is 9.37 Å². The number of aromatic nitrogens is 2. The highest BCUT2D eigenvalue weighted by atomic mass is 19.1. The van der Waals surface area contributed by atoms with Crippen molar-refractivity contribution in [3.8, 4) is 11.4 Å². The topological polar surface area (TPSA) is 49.0 Å². The van der Waals surface area contributed by atoms with Crippen molar-refractivity contribution in [2.75, 3.05) is 13.1 Å². The summed E-state index contributed by atoms with van der Waals surface area (Å²) in [6.45, 7) is 3.20. The number of aromatic amines is 1. The minimum absolute atomic E-state index is 0.196. The number of hydrogen-bond donors (Lipinski definition) is 1. The Morgan fingerprint density at radius 2 is 1.75 bits per heavy atom. The van der Waals surface area contributed by atoms with E-state index in [1.165, 1.54) is 43.0 Å². The first-order valence-corrected chi connectivity index (χ1v) is 9.82. The van der Waals surface area contributed by atoms with Gasteiger partial charge in [0, 0.05) is 24.6 Å². The molecule has 144 valence electrons. The first kappa shape index (κ1) is 18.6. The first-order valence-electron chi connectivity index (χ1n) is 9.82. The van der Waals surface area contributed by atoms with Crippen molar-refractivity contribution in [1.29, 1.82) is 0 Å². The molecule has 0 unspecified atom stereocenters. The van der Waals surface area contributed by atoms with Gasteiger partial charge < -0.3 is 4.98 Å². The first-order chi connectivity index (χ1) is 13.7. The molecule has 3 aromatic rings. The summed E-state index contributed by atoms with van der Waals surface area (Å²) in [5, 5.41) is 0. The van der Waals surface area contributed by atoms with Gasteiger partial charge in [-0.3, -0.25) is 9.69 Å². The Labute approximate surface area is 164 Å². The fourth-order valence-corrected chi connectivity index (χ4v) is 3.78. The van der Waals surface area contributed by atoms with Gasteiger partial charge >= 0.3 is 0 Å². The van der Waals surface area contributed by atoms with E-state index in [9.17, 15) is 9.18 Å². The van der Waals surface area contributed by atoms with Gasteiger partial charge in [-0.2, -0.15) is 0 Å². The van der Waals surface area contributed by atoms with E-state index >= 15 is 0 Å². The third kappa shape index (κ3) is 4.73. The second-order valence-electron chi connectivity index (χ2n) is 7.43. The fraction of sp³-hybridized carbons (Fsp3) is 0.304. The molecule has 1 aliphatic heterocycles. The zero-order valence-corrected chi connectivity index (χ0v) is 15.8. The maximum absolute atomic E-state index is 13.4. The van der Waals surface area contributed by atoms with Gasteiger partial charge in [-0.1, -0.05) is 36.8 Å². The van der Waals surface area contributed by atoms with Crippen LogP contribution < -0.4 is 5.56 Å². The van der Waals surface area contributed by atoms with Crippen LogP contribution in [0.4, 0.5) is 4.39 Å². The summed E-state index contributed by atoms with van der Waals surface area (Å²) in [5.74, 6) is 0.271. The summed E-state index contributed by atoms with van der Waals surface area (Å²) < 4.78 is 13.4. The van der Waals surface area contributed by atoms with Crippen LogP contribution in [0.5, 0.6) is 0 Å². The second kappa shape index (κ2) is 8.48. The van der Waals surface area contributed by atoms with E-state index in [1.807, 2.05) is 18.2 Å². The predicted octanol–water partition coefficient (Wildman–Crippen LogP) is 4.15. The van der Waals surface area contributed by atoms with Crippen LogP contribution in [0.3, 0.4) is 0 Å². The Bertz CT molecular complexity index is 1010. The highest BCUT2D eigenvalue weighted by Crippen LogP contribution is 2.19. The summed E-state index contributed by atoms with van der Waals surface area (Å²) in [5.41, 5.74) is 3.34. The van der Waals surface area contributed by atoms with Gasteiger partial charge in [-0.05, 0) is 55.3 Å². The van der Waals surface area contributed by atoms with Crippen molar-refractivity contribution in [3.05, 3.63) is 87.6 Å². The summed E-state index contributed by atoms with van der Waals surface area (Å²) in [6, 6.07) is 16.1. The average Bonchev–Trinajstić information content (AvgIpc) is 2.69. The van der Waals surface area contributed by atoms with Crippen molar-refractivity contribution in [2.45, 2.75) is 32.2 Å². The normalized spacial score (nSPS) is 14.9. The average molecular weight is 377 g/mol. The van der Waals surface area contributed by atoms with Gasteiger partial charge in [-0.15, -0.1) is 0 Å². The number of benzene rings is 2. The lowest BCUT2D eigenvalue weighted by atomic mass is 10.1. The molecular formula is C23H24FN3O. The SMILES string of the molecule is O=c1cc(Cc2cccc(F)c2)nc(-c2cccc(CN3CCCCC3)c2)[nH]1. The molecule has 1 N–H and O–H groups in total. The molecule has 0 saturated carbocycles. The summed E-state index contributed by atoms with van der Waals surface area (Å²) in [7, 11) is 0. The summed E-state index contributed by atoms with van der Waals surface area (Å²) in [4.78, 5) is 22.1. The van der Waals surface area contributed by atoms with Gasteiger partial charge in [0.2, 0.25) is 0 Å². The molecule has 0 aliphatic carbocycles. The van der Waals surface area contributed by atoms with Crippen molar-refractivity contribution in [1.82, 2.24) is 14.9 Å². The van der Waals surface area contributed by atoms with Gasteiger partial charge in [0.05, 0.1) is 5.69 Å². The number of nitrogens with one attached hydrogen (secondary N) is 1. The molecule has 0 radical (unpaired) electrons. The Balaban J connectivity index is 1.57. The lowest BCUT2D eigenvalue weighted by Crippen LogP contribution is -2.29. The molecule has 0 bridgehead atoms. The van der Waals surface area contributed by atoms with Gasteiger partial charge in [0.1, 0.15) is 11.6 Å². The summed E-state index contributed by atoms with van der Waals surface area (Å²) in [6.07, 6.45) is 4.26. The number of halogens is 1. The molecule has 1 aromatic heterocycles. The van der Waals surface area contributed by atoms with Crippen molar-refractivity contribution in [2.24, 2.45) is 0 Å². The van der Waals surface area contributed by atoms with Gasteiger partial charge in [0.25, 0.3) is 5.56 Å². The molecule has 0 spiro atoms. The van der Waals surface area contributed by atoms with E-state index in [-0.39, 0.29) is 11.4 Å². The van der Waals surface area contributed by atoms with Crippen molar-refractivity contribution in [3.63, 3.8) is 0 Å². The van der Waals surface area contributed by atoms with E-state index in [0.717, 1.165) is 30.8 Å². The molecule has 1 aliphatic rings. The Hall–Kier alpha value is -2.79. The quantitative estimate of drug-likeness (QED) is 0.727. The molecule has 0 atom stereocenters. The fourth-order valence-electron chi connectivity index (χ4n) is 3.78. The van der Waals surface area contributed by atoms with E-state index in [4.69, 9.17) is 0 Å². The third-order valence-corrected chi connectivity index (χ3v) is 5.12. The zero-order chi connectivity index (χ0) is 19.3. The number of hydrogen-bond acceptors (Lipinski definition) is 3. The zero-order valence-electron chi connectivity index (χ0n) is 15.8. The third-order valence-electron chi connectivity index (χ3n) is 5.12. The smallest absolute Gasteiger partial charge is 0.251 e. The van der Waals surface area contributed by atoms with E-state index in [0.29, 0.717) is 17.9 Å². The van der Waals surface area contributed by atoms with Crippen molar-refractivity contribution < 1.29 is 4.39 Å². The number of rotatable bonds is 5. The number of piperidine rings is 1. The minimum Gasteiger partial charge on any atom is -0.307 e. The van der Waals surface area contributed by atoms with Crippen LogP contribution >= 0.6 is 0 Å². The molecule has 1 saturated heterocycles. The maximum atomic E-state index is 13.4. The molecule has 4 nitrogen and oxygen atoms in total. The minimum atomic E-state index is -0.284. The lowest BCUT2D eigenvalue weighted by Gasteiger charge is -2.26. The van der Waals surface area contributed by atoms with E-state index in [2.05, 4.69) is 27.0 Å². The molecule has 1 fully saturated rings. The molecule has 5 heteroatoms. The molecule has 2 heterocycles. The lowest BCUT2D eigenvalue weighted by molar-refractivity contribution is 0.221. The van der Waals surface area contributed by atoms with Crippen LogP contribution in [0.25, 0.3) is 11.4 Å². The monoisotopic (exact) mass is 377 g/mol. The van der Waals surface area contributed by atoms with Crippen molar-refractivity contribution >= 4 is 0 Å². The molecule has 0 amide bonds. The van der Waals surface area contributed by atoms with Crippen LogP contribution in [-0.2, 0) is 13.0 Å². The maximum Gasteiger partial charge on any atom is 0.251 e. The number of likely N-dealkylation sites (tertiary alicyclic amines) is 1. The molecular weight excluding hydrogens is 353 g/mol. The Kier molecular flexibility index (Phi) is 5.63. The number of nitrogens with zero attached hydrogens (tertiary/aromatic N) is 2. The predicted molar refractivity (Wildman–Crippen MR) is 109 cm³/mol. The molecule has 28 heavy (non-hydrogen) atoms. The van der Waals surface area contributed by atoms with Crippen LogP contribution in [0.15, 0.2) is 59.4 Å². The summed E-state index contributed by atoms with van der Waals surface area (Å²) >= 11 is 0. The number of H-pyrrole nitrogens is 1. The largest absolute Gasteiger partial charge is 0.307 e. The highest BCUT2D eigenvalue weighted by Gasteiger charge is 2.12. The van der Waals surface area contributed by atoms with Crippen LogP contribution in [0.1, 0.15) is 36.1 Å². The van der Waals surface area contributed by atoms with E-state index in [1.54, 1.807) is 6.07 Å². The standard InChI is InChI=1S/C23H24FN3O/c24-20-9-5-6-17(13-20)14-21-15-22(28)26-23(25-21)19-8-4-7-18(12-19)16-27-10-2-1-3-11-27/h4-9,12-13,15H,1-3,10-11,14,16H2,(H,25,26,28). The molecule has 2 aromatic carbocycles. The van der Waals surface area contributed by atoms with E-state index < -0.39 is 0 Å². The molecule has 4 rings (SSSR count). The Morgan fingerprint density at radius 3 is 2.57 bits per heavy atom. The van der Waals surface area contributed by atoms with Crippen LogP contribution in [-0.4, -0.2) is 28.0 Å². The van der Waals surface area contributed by atoms with Crippen LogP contribution in [0, 0.1) is 5.82 Å².